The molecule has 218 valence electrons. The van der Waals surface area contributed by atoms with Crippen molar-refractivity contribution in [3.63, 3.8) is 0 Å². The number of nitrogens with zero attached hydrogens (tertiary/aromatic N) is 6. The van der Waals surface area contributed by atoms with Crippen molar-refractivity contribution < 1.29 is 23.5 Å². The number of carbonyl (C=O) groups is 2. The summed E-state index contributed by atoms with van der Waals surface area (Å²) in [7, 11) is 0. The SMILES string of the molecule is CC1(c2cccc(Cl)c2F)CN(c2ncccc2F)C(=O)c2cnc(NC3CN(C(=O)N4C[C@H]5C[C@@H]4[C@@H](O)C5)C3)nc21. The average molecular weight is 596 g/mol. The molecule has 1 unspecified atom stereocenters. The standard InChI is InChI=1S/C29H28ClF2N7O3/c1-29(18-4-2-5-19(30)23(18)32)14-39(25-20(31)6-3-7-33-25)26(41)17-10-34-27(36-24(17)29)35-16-12-37(13-16)28(42)38-11-15-8-21(38)22(40)9-15/h2-7,10,15-16,21-22,40H,8-9,11-14H2,1H3,(H,34,35,36)/t15-,21+,22-,29?/m0/s1. The molecule has 2 saturated heterocycles. The van der Waals surface area contributed by atoms with Crippen molar-refractivity contribution >= 4 is 35.3 Å². The maximum Gasteiger partial charge on any atom is 0.320 e. The van der Waals surface area contributed by atoms with Gasteiger partial charge in [0.2, 0.25) is 5.95 Å². The molecule has 2 aromatic heterocycles. The molecule has 1 saturated carbocycles. The quantitative estimate of drug-likeness (QED) is 0.475. The van der Waals surface area contributed by atoms with Gasteiger partial charge in [-0.3, -0.25) is 9.69 Å². The van der Waals surface area contributed by atoms with Crippen molar-refractivity contribution in [3.8, 4) is 0 Å². The Kier molecular flexibility index (Phi) is 6.32. The van der Waals surface area contributed by atoms with E-state index >= 15 is 4.39 Å². The molecule has 13 heteroatoms. The van der Waals surface area contributed by atoms with Crippen molar-refractivity contribution in [2.45, 2.75) is 43.4 Å². The van der Waals surface area contributed by atoms with E-state index in [4.69, 9.17) is 11.6 Å². The third-order valence-corrected chi connectivity index (χ3v) is 9.27. The van der Waals surface area contributed by atoms with Gasteiger partial charge in [-0.15, -0.1) is 0 Å². The van der Waals surface area contributed by atoms with Gasteiger partial charge < -0.3 is 20.2 Å². The van der Waals surface area contributed by atoms with Gasteiger partial charge in [0.05, 0.1) is 39.9 Å². The zero-order valence-electron chi connectivity index (χ0n) is 22.7. The van der Waals surface area contributed by atoms with Gasteiger partial charge in [-0.05, 0) is 43.9 Å². The molecule has 4 aliphatic rings. The summed E-state index contributed by atoms with van der Waals surface area (Å²) in [6, 6.07) is 6.91. The summed E-state index contributed by atoms with van der Waals surface area (Å²) in [6.45, 7) is 3.11. The first-order valence-electron chi connectivity index (χ1n) is 13.9. The summed E-state index contributed by atoms with van der Waals surface area (Å²) in [4.78, 5) is 44.4. The number of carbonyl (C=O) groups excluding carboxylic acids is 2. The molecule has 3 aliphatic heterocycles. The number of likely N-dealkylation sites (tertiary alicyclic amines) is 2. The second kappa shape index (κ2) is 9.84. The van der Waals surface area contributed by atoms with Crippen LogP contribution in [0.3, 0.4) is 0 Å². The minimum atomic E-state index is -1.24. The number of fused-ring (bicyclic) bond motifs is 3. The predicted octanol–water partition coefficient (Wildman–Crippen LogP) is 3.44. The number of piperidine rings is 1. The van der Waals surface area contributed by atoms with Gasteiger partial charge in [-0.25, -0.2) is 28.5 Å². The third kappa shape index (κ3) is 4.18. The zero-order chi connectivity index (χ0) is 29.3. The van der Waals surface area contributed by atoms with Crippen molar-refractivity contribution in [2.75, 3.05) is 36.4 Å². The van der Waals surface area contributed by atoms with Gasteiger partial charge in [0, 0.05) is 44.1 Å². The molecule has 1 aromatic carbocycles. The molecule has 0 spiro atoms. The van der Waals surface area contributed by atoms with Gasteiger partial charge in [-0.1, -0.05) is 23.7 Å². The molecule has 4 atom stereocenters. The fourth-order valence-corrected chi connectivity index (χ4v) is 7.00. The van der Waals surface area contributed by atoms with E-state index < -0.39 is 29.1 Å². The fourth-order valence-electron chi connectivity index (χ4n) is 6.83. The Hall–Kier alpha value is -3.90. The number of aliphatic hydroxyl groups excluding tert-OH is 1. The van der Waals surface area contributed by atoms with E-state index in [2.05, 4.69) is 20.3 Å². The highest BCUT2D eigenvalue weighted by Crippen LogP contribution is 2.42. The van der Waals surface area contributed by atoms with Crippen LogP contribution >= 0.6 is 11.6 Å². The monoisotopic (exact) mass is 595 g/mol. The normalized spacial score (nSPS) is 26.8. The number of benzene rings is 1. The van der Waals surface area contributed by atoms with Crippen molar-refractivity contribution in [1.29, 1.82) is 0 Å². The topological polar surface area (TPSA) is 115 Å². The van der Waals surface area contributed by atoms with Crippen LogP contribution in [0.25, 0.3) is 0 Å². The Bertz CT molecular complexity index is 1610. The molecule has 2 bridgehead atoms. The van der Waals surface area contributed by atoms with E-state index in [0.29, 0.717) is 25.6 Å². The Morgan fingerprint density at radius 3 is 2.69 bits per heavy atom. The minimum Gasteiger partial charge on any atom is -0.391 e. The lowest BCUT2D eigenvalue weighted by atomic mass is 9.74. The van der Waals surface area contributed by atoms with Gasteiger partial charge in [-0.2, -0.15) is 0 Å². The molecule has 3 fully saturated rings. The highest BCUT2D eigenvalue weighted by molar-refractivity contribution is 6.30. The highest BCUT2D eigenvalue weighted by atomic mass is 35.5. The largest absolute Gasteiger partial charge is 0.391 e. The molecular formula is C29H28ClF2N7O3. The molecule has 10 nitrogen and oxygen atoms in total. The Labute approximate surface area is 245 Å². The number of hydrogen-bond donors (Lipinski definition) is 2. The first kappa shape index (κ1) is 27.0. The fraction of sp³-hybridized carbons (Fsp3) is 0.414. The number of halogens is 3. The molecule has 7 rings (SSSR count). The maximum atomic E-state index is 15.5. The zero-order valence-corrected chi connectivity index (χ0v) is 23.4. The lowest BCUT2D eigenvalue weighted by Crippen LogP contribution is -2.62. The molecule has 3 amide bonds. The predicted molar refractivity (Wildman–Crippen MR) is 149 cm³/mol. The molecular weight excluding hydrogens is 568 g/mol. The second-order valence-electron chi connectivity index (χ2n) is 11.7. The van der Waals surface area contributed by atoms with Gasteiger partial charge >= 0.3 is 6.03 Å². The molecule has 3 aromatic rings. The van der Waals surface area contributed by atoms with Crippen LogP contribution in [0.2, 0.25) is 5.02 Å². The number of anilines is 2. The summed E-state index contributed by atoms with van der Waals surface area (Å²) >= 11 is 6.15. The summed E-state index contributed by atoms with van der Waals surface area (Å²) in [5, 5.41) is 13.3. The summed E-state index contributed by atoms with van der Waals surface area (Å²) < 4.78 is 30.3. The lowest BCUT2D eigenvalue weighted by molar-refractivity contribution is 0.0503. The van der Waals surface area contributed by atoms with Crippen molar-refractivity contribution in [3.05, 3.63) is 76.2 Å². The number of nitrogens with one attached hydrogen (secondary N) is 1. The highest BCUT2D eigenvalue weighted by Gasteiger charge is 2.49. The summed E-state index contributed by atoms with van der Waals surface area (Å²) in [5.41, 5.74) is -0.684. The number of pyridine rings is 1. The molecule has 0 radical (unpaired) electrons. The van der Waals surface area contributed by atoms with Crippen LogP contribution in [0, 0.1) is 17.6 Å². The van der Waals surface area contributed by atoms with Crippen molar-refractivity contribution in [2.24, 2.45) is 5.92 Å². The van der Waals surface area contributed by atoms with E-state index in [9.17, 15) is 19.1 Å². The lowest BCUT2D eigenvalue weighted by Gasteiger charge is -2.44. The smallest absolute Gasteiger partial charge is 0.320 e. The van der Waals surface area contributed by atoms with Gasteiger partial charge in [0.1, 0.15) is 5.82 Å². The Morgan fingerprint density at radius 2 is 1.95 bits per heavy atom. The number of aromatic nitrogens is 3. The number of aliphatic hydroxyl groups is 1. The Balaban J connectivity index is 1.16. The van der Waals surface area contributed by atoms with Crippen molar-refractivity contribution in [1.82, 2.24) is 24.8 Å². The van der Waals surface area contributed by atoms with E-state index in [-0.39, 0.29) is 58.3 Å². The van der Waals surface area contributed by atoms with E-state index in [0.717, 1.165) is 12.8 Å². The number of rotatable bonds is 4. The molecule has 5 heterocycles. The van der Waals surface area contributed by atoms with E-state index in [1.54, 1.807) is 28.9 Å². The molecule has 42 heavy (non-hydrogen) atoms. The second-order valence-corrected chi connectivity index (χ2v) is 12.2. The van der Waals surface area contributed by atoms with Crippen LogP contribution in [0.15, 0.2) is 42.7 Å². The third-order valence-electron chi connectivity index (χ3n) is 8.98. The first-order chi connectivity index (χ1) is 20.1. The van der Waals surface area contributed by atoms with Crippen LogP contribution in [-0.4, -0.2) is 86.2 Å². The number of amides is 3. The molecule has 1 aliphatic carbocycles. The molecule has 2 N–H and O–H groups in total. The van der Waals surface area contributed by atoms with Crippen LogP contribution in [0.5, 0.6) is 0 Å². The number of hydrogen-bond acceptors (Lipinski definition) is 7. The summed E-state index contributed by atoms with van der Waals surface area (Å²) in [6.07, 6.45) is 3.87. The maximum absolute atomic E-state index is 15.5. The summed E-state index contributed by atoms with van der Waals surface area (Å²) in [5.74, 6) is -1.51. The van der Waals surface area contributed by atoms with Crippen LogP contribution in [0.1, 0.15) is 41.4 Å². The number of urea groups is 1. The van der Waals surface area contributed by atoms with E-state index in [1.807, 2.05) is 0 Å². The first-order valence-corrected chi connectivity index (χ1v) is 14.3. The van der Waals surface area contributed by atoms with Crippen LogP contribution in [0.4, 0.5) is 25.3 Å². The Morgan fingerprint density at radius 1 is 1.14 bits per heavy atom. The average Bonchev–Trinajstić information content (AvgIpc) is 3.54. The van der Waals surface area contributed by atoms with Crippen LogP contribution in [-0.2, 0) is 5.41 Å². The van der Waals surface area contributed by atoms with E-state index in [1.165, 1.54) is 35.5 Å². The van der Waals surface area contributed by atoms with Gasteiger partial charge in [0.15, 0.2) is 11.6 Å². The van der Waals surface area contributed by atoms with Gasteiger partial charge in [0.25, 0.3) is 5.91 Å². The van der Waals surface area contributed by atoms with Crippen LogP contribution < -0.4 is 10.2 Å². The minimum absolute atomic E-state index is 0.0814.